The Labute approximate surface area is 105 Å². The van der Waals surface area contributed by atoms with E-state index < -0.39 is 0 Å². The van der Waals surface area contributed by atoms with E-state index in [1.807, 2.05) is 12.1 Å². The predicted molar refractivity (Wildman–Crippen MR) is 69.1 cm³/mol. The number of hydrogen-bond acceptors (Lipinski definition) is 4. The molecule has 18 heavy (non-hydrogen) atoms. The van der Waals surface area contributed by atoms with Crippen LogP contribution in [0.5, 0.6) is 11.5 Å². The van der Waals surface area contributed by atoms with Gasteiger partial charge in [-0.15, -0.1) is 0 Å². The molecule has 96 valence electrons. The molecule has 3 rings (SSSR count). The maximum absolute atomic E-state index is 5.65. The highest BCUT2D eigenvalue weighted by Gasteiger charge is 2.13. The van der Waals surface area contributed by atoms with Crippen molar-refractivity contribution in [2.75, 3.05) is 19.8 Å². The highest BCUT2D eigenvalue weighted by molar-refractivity contribution is 5.79. The van der Waals surface area contributed by atoms with E-state index in [2.05, 4.69) is 9.97 Å². The van der Waals surface area contributed by atoms with Crippen molar-refractivity contribution in [1.82, 2.24) is 9.97 Å². The number of nitrogens with zero attached hydrogens (tertiary/aromatic N) is 1. The van der Waals surface area contributed by atoms with E-state index in [1.54, 1.807) is 0 Å². The molecule has 0 bridgehead atoms. The molecule has 0 aliphatic carbocycles. The van der Waals surface area contributed by atoms with Gasteiger partial charge in [-0.05, 0) is 13.0 Å². The summed E-state index contributed by atoms with van der Waals surface area (Å²) in [7, 11) is 0. The van der Waals surface area contributed by atoms with Gasteiger partial charge in [-0.25, -0.2) is 4.98 Å². The van der Waals surface area contributed by atoms with Crippen LogP contribution in [0.3, 0.4) is 0 Å². The van der Waals surface area contributed by atoms with Crippen molar-refractivity contribution < 1.29 is 9.47 Å². The molecule has 1 aliphatic heterocycles. The van der Waals surface area contributed by atoms with Crippen molar-refractivity contribution in [3.8, 4) is 11.5 Å². The summed E-state index contributed by atoms with van der Waals surface area (Å²) >= 11 is 0. The molecule has 1 aromatic carbocycles. The number of nitrogens with two attached hydrogens (primary N) is 1. The van der Waals surface area contributed by atoms with Gasteiger partial charge in [-0.2, -0.15) is 0 Å². The lowest BCUT2D eigenvalue weighted by Gasteiger charge is -2.05. The van der Waals surface area contributed by atoms with Gasteiger partial charge in [-0.3, -0.25) is 0 Å². The van der Waals surface area contributed by atoms with E-state index in [9.17, 15) is 0 Å². The number of nitrogens with one attached hydrogen (secondary N) is 1. The second-order valence-electron chi connectivity index (χ2n) is 4.44. The normalized spacial score (nSPS) is 14.7. The quantitative estimate of drug-likeness (QED) is 0.864. The van der Waals surface area contributed by atoms with Crippen molar-refractivity contribution in [2.45, 2.75) is 19.3 Å². The van der Waals surface area contributed by atoms with Crippen molar-refractivity contribution >= 4 is 11.0 Å². The first kappa shape index (κ1) is 11.3. The Hall–Kier alpha value is -1.75. The largest absolute Gasteiger partial charge is 0.489 e. The Morgan fingerprint density at radius 3 is 2.78 bits per heavy atom. The average molecular weight is 247 g/mol. The summed E-state index contributed by atoms with van der Waals surface area (Å²) in [6, 6.07) is 3.91. The van der Waals surface area contributed by atoms with Crippen LogP contribution in [0.4, 0.5) is 0 Å². The molecule has 0 atom stereocenters. The molecule has 3 N–H and O–H groups in total. The van der Waals surface area contributed by atoms with E-state index in [0.29, 0.717) is 19.8 Å². The van der Waals surface area contributed by atoms with E-state index >= 15 is 0 Å². The summed E-state index contributed by atoms with van der Waals surface area (Å²) in [5.74, 6) is 2.56. The summed E-state index contributed by atoms with van der Waals surface area (Å²) in [5.41, 5.74) is 7.42. The van der Waals surface area contributed by atoms with Gasteiger partial charge in [0.25, 0.3) is 0 Å². The number of aryl methyl sites for hydroxylation is 1. The average Bonchev–Trinajstić information content (AvgIpc) is 2.62. The van der Waals surface area contributed by atoms with Crippen LogP contribution in [0.1, 0.15) is 18.7 Å². The van der Waals surface area contributed by atoms with E-state index in [-0.39, 0.29) is 0 Å². The highest BCUT2D eigenvalue weighted by Crippen LogP contribution is 2.33. The van der Waals surface area contributed by atoms with Gasteiger partial charge in [0.2, 0.25) is 0 Å². The second-order valence-corrected chi connectivity index (χ2v) is 4.44. The summed E-state index contributed by atoms with van der Waals surface area (Å²) in [6.45, 7) is 2.08. The number of imidazole rings is 1. The van der Waals surface area contributed by atoms with Crippen LogP contribution in [-0.4, -0.2) is 29.7 Å². The van der Waals surface area contributed by atoms with Crippen molar-refractivity contribution in [2.24, 2.45) is 5.73 Å². The second kappa shape index (κ2) is 4.86. The standard InChI is InChI=1S/C13H17N3O2/c14-4-1-3-13-15-9-7-11-12(8-10(9)16-13)18-6-2-5-17-11/h7-8H,1-6,14H2,(H,15,16). The maximum atomic E-state index is 5.65. The molecule has 2 heterocycles. The molecular formula is C13H17N3O2. The third kappa shape index (κ3) is 2.13. The molecule has 5 nitrogen and oxygen atoms in total. The van der Waals surface area contributed by atoms with Crippen molar-refractivity contribution in [1.29, 1.82) is 0 Å². The molecule has 0 unspecified atom stereocenters. The molecule has 0 radical (unpaired) electrons. The minimum absolute atomic E-state index is 0.680. The number of H-pyrrole nitrogens is 1. The number of fused-ring (bicyclic) bond motifs is 2. The number of benzene rings is 1. The molecule has 5 heteroatoms. The van der Waals surface area contributed by atoms with E-state index in [1.165, 1.54) is 0 Å². The highest BCUT2D eigenvalue weighted by atomic mass is 16.5. The number of hydrogen-bond donors (Lipinski definition) is 2. The number of ether oxygens (including phenoxy) is 2. The van der Waals surface area contributed by atoms with Crippen LogP contribution in [0, 0.1) is 0 Å². The first-order valence-electron chi connectivity index (χ1n) is 6.35. The Balaban J connectivity index is 1.96. The lowest BCUT2D eigenvalue weighted by Crippen LogP contribution is -2.01. The molecule has 0 saturated heterocycles. The van der Waals surface area contributed by atoms with Gasteiger partial charge >= 0.3 is 0 Å². The summed E-state index contributed by atoms with van der Waals surface area (Å²) in [4.78, 5) is 7.84. The molecule has 1 aliphatic rings. The van der Waals surface area contributed by atoms with E-state index in [0.717, 1.165) is 47.6 Å². The molecule has 0 amide bonds. The fourth-order valence-corrected chi connectivity index (χ4v) is 2.11. The minimum atomic E-state index is 0.680. The van der Waals surface area contributed by atoms with Crippen LogP contribution >= 0.6 is 0 Å². The van der Waals surface area contributed by atoms with Gasteiger partial charge in [0, 0.05) is 25.0 Å². The maximum Gasteiger partial charge on any atom is 0.163 e. The van der Waals surface area contributed by atoms with Gasteiger partial charge in [-0.1, -0.05) is 0 Å². The Morgan fingerprint density at radius 1 is 1.22 bits per heavy atom. The van der Waals surface area contributed by atoms with E-state index in [4.69, 9.17) is 15.2 Å². The number of aromatic nitrogens is 2. The zero-order valence-electron chi connectivity index (χ0n) is 10.2. The van der Waals surface area contributed by atoms with Crippen LogP contribution in [0.25, 0.3) is 11.0 Å². The third-order valence-electron chi connectivity index (χ3n) is 3.02. The summed E-state index contributed by atoms with van der Waals surface area (Å²) in [5, 5.41) is 0. The Bertz CT molecular complexity index is 507. The number of rotatable bonds is 3. The van der Waals surface area contributed by atoms with Gasteiger partial charge in [0.15, 0.2) is 11.5 Å². The zero-order chi connectivity index (χ0) is 12.4. The van der Waals surface area contributed by atoms with Crippen LogP contribution in [0.15, 0.2) is 12.1 Å². The summed E-state index contributed by atoms with van der Waals surface area (Å²) in [6.07, 6.45) is 2.72. The first-order chi connectivity index (χ1) is 8.86. The van der Waals surface area contributed by atoms with Gasteiger partial charge in [0.1, 0.15) is 5.82 Å². The predicted octanol–water partition coefficient (Wildman–Crippen LogP) is 1.62. The van der Waals surface area contributed by atoms with Gasteiger partial charge in [0.05, 0.1) is 24.2 Å². The molecule has 0 spiro atoms. The third-order valence-corrected chi connectivity index (χ3v) is 3.02. The first-order valence-corrected chi connectivity index (χ1v) is 6.35. The van der Waals surface area contributed by atoms with Crippen LogP contribution in [0.2, 0.25) is 0 Å². The van der Waals surface area contributed by atoms with Crippen molar-refractivity contribution in [3.63, 3.8) is 0 Å². The molecule has 1 aromatic heterocycles. The fraction of sp³-hybridized carbons (Fsp3) is 0.462. The smallest absolute Gasteiger partial charge is 0.163 e. The van der Waals surface area contributed by atoms with Crippen molar-refractivity contribution in [3.05, 3.63) is 18.0 Å². The van der Waals surface area contributed by atoms with Gasteiger partial charge < -0.3 is 20.2 Å². The molecule has 0 saturated carbocycles. The molecule has 2 aromatic rings. The lowest BCUT2D eigenvalue weighted by atomic mass is 10.3. The fourth-order valence-electron chi connectivity index (χ4n) is 2.11. The minimum Gasteiger partial charge on any atom is -0.489 e. The zero-order valence-corrected chi connectivity index (χ0v) is 10.2. The summed E-state index contributed by atoms with van der Waals surface area (Å²) < 4.78 is 11.3. The number of aromatic amines is 1. The SMILES string of the molecule is NCCCc1nc2cc3c(cc2[nH]1)OCCCO3. The molecule has 0 fully saturated rings. The van der Waals surface area contributed by atoms with Crippen LogP contribution < -0.4 is 15.2 Å². The van der Waals surface area contributed by atoms with Crippen LogP contribution in [-0.2, 0) is 6.42 Å². The lowest BCUT2D eigenvalue weighted by molar-refractivity contribution is 0.297. The molecular weight excluding hydrogens is 230 g/mol. The Morgan fingerprint density at radius 2 is 2.00 bits per heavy atom. The monoisotopic (exact) mass is 247 g/mol. The topological polar surface area (TPSA) is 73.2 Å². The Kier molecular flexibility index (Phi) is 3.06.